The number of halogens is 5. The largest absolute Gasteiger partial charge is 0.508 e. The van der Waals surface area contributed by atoms with Gasteiger partial charge in [-0.25, -0.2) is 39.1 Å². The van der Waals surface area contributed by atoms with E-state index in [4.69, 9.17) is 48.1 Å². The number of hydrogen-bond donors (Lipinski definition) is 4. The third-order valence-electron chi connectivity index (χ3n) is 17.4. The van der Waals surface area contributed by atoms with E-state index in [1.807, 2.05) is 41.5 Å². The van der Waals surface area contributed by atoms with E-state index >= 15 is 0 Å². The smallest absolute Gasteiger partial charge is 0.332 e. The fourth-order valence-electron chi connectivity index (χ4n) is 11.4. The van der Waals surface area contributed by atoms with Gasteiger partial charge >= 0.3 is 22.8 Å². The molecule has 10 rings (SSSR count). The Bertz CT molecular complexity index is 5390. The van der Waals surface area contributed by atoms with Crippen LogP contribution >= 0.6 is 71.0 Å². The van der Waals surface area contributed by atoms with Crippen LogP contribution in [0.5, 0.6) is 17.2 Å². The second-order valence-electron chi connectivity index (χ2n) is 28.1. The average molecular weight is 1880 g/mol. The van der Waals surface area contributed by atoms with E-state index < -0.39 is 23.0 Å². The van der Waals surface area contributed by atoms with Crippen molar-refractivity contribution in [3.63, 3.8) is 0 Å². The maximum Gasteiger partial charge on any atom is 0.332 e. The number of rotatable bonds is 27. The number of pyridine rings is 4. The first-order valence-electron chi connectivity index (χ1n) is 37.2. The summed E-state index contributed by atoms with van der Waals surface area (Å²) in [6, 6.07) is 15.1. The summed E-state index contributed by atoms with van der Waals surface area (Å²) < 4.78 is 23.2. The summed E-state index contributed by atoms with van der Waals surface area (Å²) in [7, 11) is 6.44. The van der Waals surface area contributed by atoms with E-state index in [9.17, 15) is 53.1 Å². The number of hydrogen-bond acceptors (Lipinski definition) is 20. The number of unbranched alkanes of at least 4 members (excludes halogenated alkanes) is 2. The van der Waals surface area contributed by atoms with Crippen LogP contribution in [0.25, 0.3) is 44.1 Å². The minimum Gasteiger partial charge on any atom is -0.508 e. The van der Waals surface area contributed by atoms with Crippen LogP contribution in [-0.2, 0) is 106 Å². The van der Waals surface area contributed by atoms with E-state index in [1.54, 1.807) is 101 Å². The van der Waals surface area contributed by atoms with Gasteiger partial charge in [0.2, 0.25) is 0 Å². The Morgan fingerprint density at radius 1 is 0.530 bits per heavy atom. The van der Waals surface area contributed by atoms with Crippen molar-refractivity contribution in [1.82, 2.24) is 56.5 Å². The molecule has 8 heterocycles. The second-order valence-corrected chi connectivity index (χ2v) is 31.6. The number of phenols is 1. The van der Waals surface area contributed by atoms with Crippen LogP contribution < -0.4 is 49.7 Å². The number of aromatic nitrogens is 12. The monoisotopic (exact) mass is 1870 g/mol. The summed E-state index contributed by atoms with van der Waals surface area (Å²) in [5.74, 6) is 2.96. The summed E-state index contributed by atoms with van der Waals surface area (Å²) in [5, 5.41) is 38.2. The first-order chi connectivity index (χ1) is 54.0. The predicted molar refractivity (Wildman–Crippen MR) is 456 cm³/mol. The molecular weight excluding hydrogens is 1780 g/mol. The summed E-state index contributed by atoms with van der Waals surface area (Å²) in [4.78, 5) is 146. The molecule has 0 spiro atoms. The third-order valence-corrected chi connectivity index (χ3v) is 19.7. The zero-order chi connectivity index (χ0) is 85.4. The van der Waals surface area contributed by atoms with E-state index in [0.717, 1.165) is 70.3 Å². The third kappa shape index (κ3) is 28.7. The molecule has 0 aliphatic rings. The molecule has 2 aromatic carbocycles. The molecule has 115 heavy (non-hydrogen) atoms. The number of carbonyl (C=O) groups excluding carboxylic acids is 2. The molecule has 10 aromatic rings. The van der Waals surface area contributed by atoms with Gasteiger partial charge in [-0.15, -0.1) is 0 Å². The SMILES string of the molecule is CC(C)CC=O.CC(C)CCc1c(Br)cnc2c1c(=O)n(CCCOC=O)c(=O)n2C.CC(C)CCc1c(Oc2cccc(Cl)c2)cnc2c1c(=O)n(CCCO)c(=O)n2C.CCCCn1c(=O)c2c(C(O)CC(C)C)c(Br)cnc2n(C)c1=O.CCCCn1c(=O)c2cc(Br)cnc2n(C)c1=O.O=CO.Oc1ccc(Cl)cc1.[Zn]. The fourth-order valence-corrected chi connectivity index (χ4v) is 13.1. The van der Waals surface area contributed by atoms with Crippen LogP contribution in [-0.4, -0.2) is 109 Å². The number of aldehydes is 1. The van der Waals surface area contributed by atoms with Gasteiger partial charge in [0, 0.05) is 140 Å². The van der Waals surface area contributed by atoms with Gasteiger partial charge in [0.05, 0.1) is 40.5 Å². The topological polar surface area (TPSA) is 378 Å². The van der Waals surface area contributed by atoms with E-state index in [1.165, 1.54) is 38.2 Å². The molecule has 1 unspecified atom stereocenters. The number of benzene rings is 2. The van der Waals surface area contributed by atoms with Crippen molar-refractivity contribution >= 4 is 134 Å². The molecule has 622 valence electrons. The zero-order valence-corrected chi connectivity index (χ0v) is 76.6. The Morgan fingerprint density at radius 2 is 0.974 bits per heavy atom. The van der Waals surface area contributed by atoms with Gasteiger partial charge in [0.15, 0.2) is 0 Å². The van der Waals surface area contributed by atoms with Gasteiger partial charge in [0.25, 0.3) is 35.2 Å². The molecule has 0 fully saturated rings. The molecule has 0 radical (unpaired) electrons. The van der Waals surface area contributed by atoms with E-state index in [0.29, 0.717) is 151 Å². The van der Waals surface area contributed by atoms with Crippen molar-refractivity contribution in [2.75, 3.05) is 13.2 Å². The number of nitrogens with zero attached hydrogens (tertiary/aromatic N) is 12. The number of ether oxygens (including phenoxy) is 2. The van der Waals surface area contributed by atoms with Crippen molar-refractivity contribution in [1.29, 1.82) is 0 Å². The number of carbonyl (C=O) groups is 3. The van der Waals surface area contributed by atoms with Crippen LogP contribution in [0.2, 0.25) is 10.0 Å². The number of aliphatic hydroxyl groups excluding tert-OH is 2. The average Bonchev–Trinajstić information content (AvgIpc) is 0.818. The quantitative estimate of drug-likeness (QED) is 0.0211. The zero-order valence-electron chi connectivity index (χ0n) is 67.4. The standard InChI is InChI=1S/C22H26ClN3O4.C17H22BrN3O4.C17H24BrN3O3.C12H14BrN3O2.C6H5ClO.C5H10O.CH2O2.Zn/c1-14(2)8-9-17-18(30-16-7-4-6-15(23)12-16)13-24-20-19(17)21(28)26(10-5-11-27)22(29)25(20)3;1-11(2)5-6-12-13(18)9-19-15-14(12)16(23)21(17(24)20(15)3)7-4-8-25-10-22;1-5-6-7-21-16(23)14-13(12(22)8-10(2)3)11(18)9-19-15(14)20(4)17(21)24;1-3-4-5-16-11(17)9-6-8(13)7-14-10(9)15(2)12(16)18;7-5-1-3-6(8)4-2-5;1-5(2)3-4-6;2-1-3;/h4,6-7,12-14,27H,5,8-11H2,1-3H3;9-11H,4-8H2,1-3H3;9-10,12,22H,5-8H2,1-4H3;6-7H,3-5H2,1-2H3;1-4,8H;4-5H,3H2,1-2H3;1H,(H,2,3);. The Morgan fingerprint density at radius 3 is 1.43 bits per heavy atom. The molecule has 8 aromatic heterocycles. The predicted octanol–water partition coefficient (Wildman–Crippen LogP) is 12.9. The molecule has 0 saturated heterocycles. The van der Waals surface area contributed by atoms with Crippen molar-refractivity contribution in [2.45, 2.75) is 179 Å². The number of aliphatic hydroxyl groups is 2. The summed E-state index contributed by atoms with van der Waals surface area (Å²) in [6.07, 6.45) is 14.8. The van der Waals surface area contributed by atoms with Crippen LogP contribution in [0.15, 0.2) is 131 Å². The molecule has 29 nitrogen and oxygen atoms in total. The Hall–Kier alpha value is -8.43. The first-order valence-corrected chi connectivity index (χ1v) is 40.3. The number of phenolic OH excluding ortho intramolecular Hbond substituents is 1. The van der Waals surface area contributed by atoms with Crippen LogP contribution in [0.1, 0.15) is 156 Å². The van der Waals surface area contributed by atoms with Gasteiger partial charge in [-0.3, -0.25) is 65.3 Å². The van der Waals surface area contributed by atoms with Gasteiger partial charge in [0.1, 0.15) is 46.1 Å². The minimum absolute atomic E-state index is 0. The maximum absolute atomic E-state index is 13.3. The minimum atomic E-state index is -0.797. The number of fused-ring (bicyclic) bond motifs is 4. The van der Waals surface area contributed by atoms with Crippen LogP contribution in [0, 0.1) is 23.7 Å². The van der Waals surface area contributed by atoms with Crippen molar-refractivity contribution in [3.8, 4) is 17.2 Å². The first kappa shape index (κ1) is 101. The van der Waals surface area contributed by atoms with E-state index in [2.05, 4.69) is 100 Å². The molecule has 0 amide bonds. The Balaban J connectivity index is 0.000000373. The van der Waals surface area contributed by atoms with Gasteiger partial charge < -0.3 is 34.7 Å². The van der Waals surface area contributed by atoms with Gasteiger partial charge in [-0.1, -0.05) is 111 Å². The Kier molecular flexibility index (Phi) is 44.0. The van der Waals surface area contributed by atoms with Crippen LogP contribution in [0.3, 0.4) is 0 Å². The molecule has 0 aliphatic carbocycles. The summed E-state index contributed by atoms with van der Waals surface area (Å²) in [6.45, 7) is 21.9. The van der Waals surface area contributed by atoms with Crippen molar-refractivity contribution in [3.05, 3.63) is 203 Å². The molecule has 0 aliphatic heterocycles. The number of carboxylic acid groups (broad SMARTS) is 1. The number of aryl methyl sites for hydroxylation is 6. The summed E-state index contributed by atoms with van der Waals surface area (Å²) >= 11 is 21.8. The van der Waals surface area contributed by atoms with Crippen LogP contribution in [0.4, 0.5) is 0 Å². The summed E-state index contributed by atoms with van der Waals surface area (Å²) in [5.41, 5.74) is 0.559. The van der Waals surface area contributed by atoms with Crippen molar-refractivity contribution in [2.24, 2.45) is 51.9 Å². The fraction of sp³-hybridized carbons (Fsp3) is 0.463. The Labute approximate surface area is 713 Å². The molecule has 35 heteroatoms. The van der Waals surface area contributed by atoms with Gasteiger partial charge in [-0.2, -0.15) is 0 Å². The maximum atomic E-state index is 13.3. The van der Waals surface area contributed by atoms with Crippen molar-refractivity contribution < 1.29 is 63.8 Å². The molecule has 0 saturated carbocycles. The van der Waals surface area contributed by atoms with Gasteiger partial charge in [-0.05, 0) is 183 Å². The normalized spacial score (nSPS) is 11.1. The second kappa shape index (κ2) is 50.3. The molecule has 1 atom stereocenters. The van der Waals surface area contributed by atoms with E-state index in [-0.39, 0.29) is 92.0 Å². The molecule has 0 bridgehead atoms. The molecule has 4 N–H and O–H groups in total. The number of aromatic hydroxyl groups is 1. The molecular formula is C80H103Br3Cl2N12O17Zn.